The summed E-state index contributed by atoms with van der Waals surface area (Å²) in [6.07, 6.45) is 0.498. The molecule has 0 aromatic heterocycles. The normalized spacial score (nSPS) is 22.1. The molecule has 1 aromatic rings. The number of benzene rings is 1. The van der Waals surface area contributed by atoms with Crippen LogP contribution < -0.4 is 5.73 Å². The summed E-state index contributed by atoms with van der Waals surface area (Å²) in [6, 6.07) is 4.59. The SMILES string of the molecule is Nc1ccc(F)c(CN2CC[C@H](O)C2)c1. The van der Waals surface area contributed by atoms with Gasteiger partial charge in [0.2, 0.25) is 0 Å². The van der Waals surface area contributed by atoms with Gasteiger partial charge in [0.25, 0.3) is 0 Å². The molecule has 0 amide bonds. The second kappa shape index (κ2) is 4.16. The number of nitrogens with two attached hydrogens (primary N) is 1. The molecule has 1 aliphatic rings. The summed E-state index contributed by atoms with van der Waals surface area (Å²) in [6.45, 7) is 1.96. The van der Waals surface area contributed by atoms with Crippen molar-refractivity contribution in [1.29, 1.82) is 0 Å². The van der Waals surface area contributed by atoms with Crippen molar-refractivity contribution in [3.05, 3.63) is 29.6 Å². The van der Waals surface area contributed by atoms with Crippen molar-refractivity contribution in [2.24, 2.45) is 0 Å². The highest BCUT2D eigenvalue weighted by atomic mass is 19.1. The second-order valence-electron chi connectivity index (χ2n) is 4.03. The molecule has 0 aliphatic carbocycles. The molecule has 2 rings (SSSR count). The van der Waals surface area contributed by atoms with Crippen molar-refractivity contribution in [1.82, 2.24) is 4.90 Å². The zero-order valence-electron chi connectivity index (χ0n) is 8.49. The van der Waals surface area contributed by atoms with Crippen LogP contribution in [0, 0.1) is 5.82 Å². The number of hydrogen-bond acceptors (Lipinski definition) is 3. The fourth-order valence-corrected chi connectivity index (χ4v) is 1.91. The number of hydrogen-bond donors (Lipinski definition) is 2. The predicted octanol–water partition coefficient (Wildman–Crippen LogP) is 0.975. The second-order valence-corrected chi connectivity index (χ2v) is 4.03. The fraction of sp³-hybridized carbons (Fsp3) is 0.455. The van der Waals surface area contributed by atoms with E-state index in [-0.39, 0.29) is 11.9 Å². The Hall–Kier alpha value is -1.13. The molecule has 1 atom stereocenters. The molecule has 0 bridgehead atoms. The number of aliphatic hydroxyl groups is 1. The summed E-state index contributed by atoms with van der Waals surface area (Å²) in [4.78, 5) is 2.03. The standard InChI is InChI=1S/C11H15FN2O/c12-11-2-1-9(13)5-8(11)6-14-4-3-10(15)7-14/h1-2,5,10,15H,3-4,6-7,13H2/t10-/m0/s1. The van der Waals surface area contributed by atoms with E-state index in [9.17, 15) is 9.50 Å². The van der Waals surface area contributed by atoms with Gasteiger partial charge in [-0.2, -0.15) is 0 Å². The predicted molar refractivity (Wildman–Crippen MR) is 56.7 cm³/mol. The van der Waals surface area contributed by atoms with E-state index in [1.54, 1.807) is 12.1 Å². The van der Waals surface area contributed by atoms with Gasteiger partial charge in [-0.15, -0.1) is 0 Å². The van der Waals surface area contributed by atoms with Gasteiger partial charge in [0, 0.05) is 30.9 Å². The topological polar surface area (TPSA) is 49.5 Å². The number of halogens is 1. The first-order valence-electron chi connectivity index (χ1n) is 5.09. The first-order chi connectivity index (χ1) is 7.15. The van der Waals surface area contributed by atoms with Gasteiger partial charge in [0.05, 0.1) is 6.10 Å². The summed E-state index contributed by atoms with van der Waals surface area (Å²) in [5, 5.41) is 9.34. The van der Waals surface area contributed by atoms with Crippen LogP contribution in [0.25, 0.3) is 0 Å². The highest BCUT2D eigenvalue weighted by molar-refractivity contribution is 5.41. The van der Waals surface area contributed by atoms with Crippen LogP contribution in [0.2, 0.25) is 0 Å². The number of anilines is 1. The Morgan fingerprint density at radius 1 is 1.53 bits per heavy atom. The van der Waals surface area contributed by atoms with Crippen LogP contribution >= 0.6 is 0 Å². The lowest BCUT2D eigenvalue weighted by molar-refractivity contribution is 0.174. The van der Waals surface area contributed by atoms with Crippen molar-refractivity contribution in [3.8, 4) is 0 Å². The Morgan fingerprint density at radius 3 is 3.00 bits per heavy atom. The Labute approximate surface area is 88.3 Å². The van der Waals surface area contributed by atoms with Crippen molar-refractivity contribution in [3.63, 3.8) is 0 Å². The molecule has 15 heavy (non-hydrogen) atoms. The van der Waals surface area contributed by atoms with Gasteiger partial charge >= 0.3 is 0 Å². The van der Waals surface area contributed by atoms with Gasteiger partial charge < -0.3 is 10.8 Å². The molecule has 0 unspecified atom stereocenters. The average Bonchev–Trinajstić information content (AvgIpc) is 2.58. The van der Waals surface area contributed by atoms with Gasteiger partial charge in [0.1, 0.15) is 5.82 Å². The lowest BCUT2D eigenvalue weighted by atomic mass is 10.2. The number of rotatable bonds is 2. The molecule has 3 N–H and O–H groups in total. The molecule has 82 valence electrons. The molecule has 1 aliphatic heterocycles. The van der Waals surface area contributed by atoms with Crippen LogP contribution in [0.4, 0.5) is 10.1 Å². The maximum Gasteiger partial charge on any atom is 0.127 e. The summed E-state index contributed by atoms with van der Waals surface area (Å²) in [5.41, 5.74) is 6.77. The number of nitrogen functional groups attached to an aromatic ring is 1. The first kappa shape index (κ1) is 10.4. The Balaban J connectivity index is 2.07. The van der Waals surface area contributed by atoms with Gasteiger partial charge in [-0.05, 0) is 24.6 Å². The third kappa shape index (κ3) is 2.46. The van der Waals surface area contributed by atoms with Crippen LogP contribution in [0.5, 0.6) is 0 Å². The number of likely N-dealkylation sites (tertiary alicyclic amines) is 1. The highest BCUT2D eigenvalue weighted by Crippen LogP contribution is 2.17. The van der Waals surface area contributed by atoms with Crippen molar-refractivity contribution >= 4 is 5.69 Å². The minimum atomic E-state index is -0.269. The molecule has 4 heteroatoms. The summed E-state index contributed by atoms with van der Waals surface area (Å²) < 4.78 is 13.4. The summed E-state index contributed by atoms with van der Waals surface area (Å²) >= 11 is 0. The van der Waals surface area contributed by atoms with Crippen LogP contribution in [0.1, 0.15) is 12.0 Å². The summed E-state index contributed by atoms with van der Waals surface area (Å²) in [7, 11) is 0. The molecular formula is C11H15FN2O. The van der Waals surface area contributed by atoms with E-state index in [4.69, 9.17) is 5.73 Å². The number of nitrogens with zero attached hydrogens (tertiary/aromatic N) is 1. The van der Waals surface area contributed by atoms with E-state index in [1.807, 2.05) is 4.90 Å². The van der Waals surface area contributed by atoms with E-state index in [2.05, 4.69) is 0 Å². The molecule has 1 saturated heterocycles. The van der Waals surface area contributed by atoms with Crippen molar-refractivity contribution in [2.75, 3.05) is 18.8 Å². The largest absolute Gasteiger partial charge is 0.399 e. The van der Waals surface area contributed by atoms with Gasteiger partial charge in [-0.1, -0.05) is 0 Å². The first-order valence-corrected chi connectivity index (χ1v) is 5.09. The van der Waals surface area contributed by atoms with Crippen molar-refractivity contribution < 1.29 is 9.50 Å². The maximum absolute atomic E-state index is 13.4. The number of β-amino-alcohol motifs (C(OH)–C–C–N with tert-alkyl or cyclic N) is 1. The Morgan fingerprint density at radius 2 is 2.33 bits per heavy atom. The van der Waals surface area contributed by atoms with Crippen LogP contribution in [-0.4, -0.2) is 29.2 Å². The Kier molecular flexibility index (Phi) is 2.88. The summed E-state index contributed by atoms with van der Waals surface area (Å²) in [5.74, 6) is -0.231. The van der Waals surface area contributed by atoms with Crippen molar-refractivity contribution in [2.45, 2.75) is 19.1 Å². The minimum absolute atomic E-state index is 0.231. The third-order valence-electron chi connectivity index (χ3n) is 2.71. The van der Waals surface area contributed by atoms with Gasteiger partial charge in [-0.3, -0.25) is 4.90 Å². The molecule has 1 fully saturated rings. The lowest BCUT2D eigenvalue weighted by Gasteiger charge is -2.15. The van der Waals surface area contributed by atoms with Crippen LogP contribution in [0.3, 0.4) is 0 Å². The highest BCUT2D eigenvalue weighted by Gasteiger charge is 2.20. The quantitative estimate of drug-likeness (QED) is 0.715. The molecule has 1 aromatic carbocycles. The van der Waals surface area contributed by atoms with E-state index < -0.39 is 0 Å². The van der Waals surface area contributed by atoms with E-state index in [0.29, 0.717) is 24.3 Å². The average molecular weight is 210 g/mol. The molecular weight excluding hydrogens is 195 g/mol. The zero-order valence-corrected chi connectivity index (χ0v) is 8.49. The molecule has 0 spiro atoms. The van der Waals surface area contributed by atoms with Crippen LogP contribution in [-0.2, 0) is 6.54 Å². The zero-order chi connectivity index (χ0) is 10.8. The van der Waals surface area contributed by atoms with Gasteiger partial charge in [0.15, 0.2) is 0 Å². The smallest absolute Gasteiger partial charge is 0.127 e. The molecule has 3 nitrogen and oxygen atoms in total. The minimum Gasteiger partial charge on any atom is -0.399 e. The lowest BCUT2D eigenvalue weighted by Crippen LogP contribution is -2.22. The maximum atomic E-state index is 13.4. The van der Waals surface area contributed by atoms with E-state index in [1.165, 1.54) is 6.07 Å². The monoisotopic (exact) mass is 210 g/mol. The third-order valence-corrected chi connectivity index (χ3v) is 2.71. The fourth-order valence-electron chi connectivity index (χ4n) is 1.91. The molecule has 0 saturated carbocycles. The van der Waals surface area contributed by atoms with E-state index >= 15 is 0 Å². The molecule has 1 heterocycles. The van der Waals surface area contributed by atoms with Gasteiger partial charge in [-0.25, -0.2) is 4.39 Å². The molecule has 0 radical (unpaired) electrons. The Bertz CT molecular complexity index is 356. The van der Waals surface area contributed by atoms with E-state index in [0.717, 1.165) is 13.0 Å². The van der Waals surface area contributed by atoms with Crippen LogP contribution in [0.15, 0.2) is 18.2 Å². The number of aliphatic hydroxyl groups excluding tert-OH is 1.